The molecule has 6 rings (SSSR count). The van der Waals surface area contributed by atoms with Crippen molar-refractivity contribution in [3.8, 4) is 22.3 Å². The van der Waals surface area contributed by atoms with Gasteiger partial charge in [0.15, 0.2) is 0 Å². The van der Waals surface area contributed by atoms with Crippen LogP contribution in [0.4, 0.5) is 0 Å². The first-order chi connectivity index (χ1) is 20.4. The molecule has 0 bridgehead atoms. The highest BCUT2D eigenvalue weighted by Crippen LogP contribution is 2.42. The van der Waals surface area contributed by atoms with Gasteiger partial charge in [-0.25, -0.2) is 0 Å². The Morgan fingerprint density at radius 2 is 1.12 bits per heavy atom. The normalized spacial score (nSPS) is 12.2. The van der Waals surface area contributed by atoms with Gasteiger partial charge in [0.1, 0.15) is 0 Å². The van der Waals surface area contributed by atoms with Crippen LogP contribution in [0, 0.1) is 0 Å². The summed E-state index contributed by atoms with van der Waals surface area (Å²) in [4.78, 5) is 0. The smallest absolute Gasteiger partial charge is 0.0431 e. The Bertz CT molecular complexity index is 1820. The Morgan fingerprint density at radius 3 is 1.83 bits per heavy atom. The van der Waals surface area contributed by atoms with Gasteiger partial charge in [-0.1, -0.05) is 112 Å². The zero-order chi connectivity index (χ0) is 29.3. The lowest BCUT2D eigenvalue weighted by Gasteiger charge is -2.22. The Hall–Kier alpha value is -3.72. The lowest BCUT2D eigenvalue weighted by molar-refractivity contribution is 0.284. The summed E-state index contributed by atoms with van der Waals surface area (Å²) >= 11 is 0. The van der Waals surface area contributed by atoms with E-state index in [4.69, 9.17) is 0 Å². The molecule has 2 nitrogen and oxygen atoms in total. The molecule has 0 atom stereocenters. The van der Waals surface area contributed by atoms with Gasteiger partial charge >= 0.3 is 0 Å². The van der Waals surface area contributed by atoms with E-state index >= 15 is 0 Å². The van der Waals surface area contributed by atoms with Crippen molar-refractivity contribution in [2.45, 2.75) is 64.7 Å². The lowest BCUT2D eigenvalue weighted by atomic mass is 9.82. The number of hydrogen-bond acceptors (Lipinski definition) is 2. The Balaban J connectivity index is 1.49. The second-order valence-electron chi connectivity index (χ2n) is 12.8. The fraction of sp³-hybridized carbons (Fsp3) is 0.300. The van der Waals surface area contributed by atoms with Crippen LogP contribution in [-0.2, 0) is 18.3 Å². The monoisotopic (exact) mass is 554 g/mol. The zero-order valence-corrected chi connectivity index (χ0v) is 25.2. The van der Waals surface area contributed by atoms with Gasteiger partial charge in [-0.05, 0) is 115 Å². The number of hydrogen-bond donors (Lipinski definition) is 2. The van der Waals surface area contributed by atoms with Gasteiger partial charge in [-0.3, -0.25) is 0 Å². The maximum absolute atomic E-state index is 9.52. The number of aliphatic hydroxyl groups excluding tert-OH is 2. The number of unbranched alkanes of at least 4 members (excludes halogenated alkanes) is 2. The molecule has 0 aromatic heterocycles. The molecule has 0 aliphatic carbocycles. The minimum Gasteiger partial charge on any atom is -0.396 e. The largest absolute Gasteiger partial charge is 0.396 e. The van der Waals surface area contributed by atoms with E-state index in [1.807, 2.05) is 0 Å². The van der Waals surface area contributed by atoms with Crippen molar-refractivity contribution < 1.29 is 10.2 Å². The van der Waals surface area contributed by atoms with Crippen LogP contribution in [0.15, 0.2) is 91.0 Å². The molecule has 0 saturated carbocycles. The van der Waals surface area contributed by atoms with Crippen molar-refractivity contribution >= 4 is 32.3 Å². The number of benzene rings is 6. The zero-order valence-electron chi connectivity index (χ0n) is 25.2. The van der Waals surface area contributed by atoms with Gasteiger partial charge < -0.3 is 10.2 Å². The van der Waals surface area contributed by atoms with E-state index in [2.05, 4.69) is 112 Å². The van der Waals surface area contributed by atoms with Crippen LogP contribution < -0.4 is 0 Å². The molecule has 0 saturated heterocycles. The quantitative estimate of drug-likeness (QED) is 0.131. The van der Waals surface area contributed by atoms with Crippen LogP contribution in [0.25, 0.3) is 54.6 Å². The fourth-order valence-corrected chi connectivity index (χ4v) is 6.59. The van der Waals surface area contributed by atoms with E-state index in [0.29, 0.717) is 0 Å². The third-order valence-electron chi connectivity index (χ3n) is 8.90. The molecule has 0 fully saturated rings. The van der Waals surface area contributed by atoms with Crippen LogP contribution >= 0.6 is 0 Å². The first kappa shape index (κ1) is 28.4. The summed E-state index contributed by atoms with van der Waals surface area (Å²) < 4.78 is 0. The molecular weight excluding hydrogens is 512 g/mol. The first-order valence-electron chi connectivity index (χ1n) is 15.5. The Labute approximate surface area is 250 Å². The van der Waals surface area contributed by atoms with Crippen LogP contribution in [0.5, 0.6) is 0 Å². The molecule has 214 valence electrons. The minimum absolute atomic E-state index is 0.0984. The Kier molecular flexibility index (Phi) is 8.03. The predicted octanol–water partition coefficient (Wildman–Crippen LogP) is 9.85. The third-order valence-corrected chi connectivity index (χ3v) is 8.90. The standard InChI is InChI=1S/C40H42O2/c1-40(2,3)33-25-31-15-14-28-16-19-36(37-21-18-32(26-33)38(31)39(28)37)30-17-20-35(29(24-30)12-7-9-23-42)34-13-5-4-10-27(34)11-6-8-22-41/h4-5,10,13-21,24-26,41-42H,6-9,11-12,22-23H2,1-3H3. The molecule has 0 spiro atoms. The molecule has 6 aromatic carbocycles. The van der Waals surface area contributed by atoms with Crippen molar-refractivity contribution in [2.24, 2.45) is 0 Å². The fourth-order valence-electron chi connectivity index (χ4n) is 6.59. The number of aryl methyl sites for hydroxylation is 2. The van der Waals surface area contributed by atoms with Crippen molar-refractivity contribution in [3.63, 3.8) is 0 Å². The van der Waals surface area contributed by atoms with Crippen LogP contribution in [0.1, 0.15) is 63.1 Å². The van der Waals surface area contributed by atoms with E-state index in [9.17, 15) is 10.2 Å². The van der Waals surface area contributed by atoms with Gasteiger partial charge in [0.2, 0.25) is 0 Å². The van der Waals surface area contributed by atoms with Crippen molar-refractivity contribution in [2.75, 3.05) is 13.2 Å². The summed E-state index contributed by atoms with van der Waals surface area (Å²) in [6.45, 7) is 7.31. The molecule has 2 heteroatoms. The highest BCUT2D eigenvalue weighted by Gasteiger charge is 2.19. The molecule has 6 aromatic rings. The second kappa shape index (κ2) is 11.9. The van der Waals surface area contributed by atoms with E-state index in [-0.39, 0.29) is 18.6 Å². The second-order valence-corrected chi connectivity index (χ2v) is 12.8. The van der Waals surface area contributed by atoms with E-state index in [1.165, 1.54) is 71.3 Å². The molecule has 0 aliphatic heterocycles. The Morgan fingerprint density at radius 1 is 0.524 bits per heavy atom. The van der Waals surface area contributed by atoms with Gasteiger partial charge in [-0.2, -0.15) is 0 Å². The van der Waals surface area contributed by atoms with Crippen molar-refractivity contribution in [1.82, 2.24) is 0 Å². The van der Waals surface area contributed by atoms with Crippen molar-refractivity contribution in [1.29, 1.82) is 0 Å². The highest BCUT2D eigenvalue weighted by molar-refractivity contribution is 6.25. The van der Waals surface area contributed by atoms with E-state index in [1.54, 1.807) is 0 Å². The summed E-state index contributed by atoms with van der Waals surface area (Å²) in [6, 6.07) is 34.2. The molecule has 0 amide bonds. The van der Waals surface area contributed by atoms with Crippen molar-refractivity contribution in [3.05, 3.63) is 108 Å². The maximum atomic E-state index is 9.52. The molecular formula is C40H42O2. The van der Waals surface area contributed by atoms with E-state index in [0.717, 1.165) is 38.5 Å². The topological polar surface area (TPSA) is 40.5 Å². The summed E-state index contributed by atoms with van der Waals surface area (Å²) in [7, 11) is 0. The molecule has 0 heterocycles. The molecule has 0 aliphatic rings. The van der Waals surface area contributed by atoms with E-state index < -0.39 is 0 Å². The molecule has 42 heavy (non-hydrogen) atoms. The van der Waals surface area contributed by atoms with Crippen LogP contribution in [0.3, 0.4) is 0 Å². The summed E-state index contributed by atoms with van der Waals surface area (Å²) in [5, 5.41) is 26.8. The highest BCUT2D eigenvalue weighted by atomic mass is 16.3. The SMILES string of the molecule is CC(C)(C)c1cc2ccc3ccc(-c4ccc(-c5ccccc5CCCCO)c(CCCCO)c4)c4ccc(c1)c2c34. The van der Waals surface area contributed by atoms with Gasteiger partial charge in [0, 0.05) is 13.2 Å². The summed E-state index contributed by atoms with van der Waals surface area (Å²) in [6.07, 6.45) is 5.44. The lowest BCUT2D eigenvalue weighted by Crippen LogP contribution is -2.10. The molecule has 0 radical (unpaired) electrons. The van der Waals surface area contributed by atoms with Gasteiger partial charge in [0.05, 0.1) is 0 Å². The minimum atomic E-state index is 0.0984. The van der Waals surface area contributed by atoms with Crippen LogP contribution in [0.2, 0.25) is 0 Å². The number of aliphatic hydroxyl groups is 2. The number of rotatable bonds is 10. The summed E-state index contributed by atoms with van der Waals surface area (Å²) in [5.41, 5.74) is 9.20. The first-order valence-corrected chi connectivity index (χ1v) is 15.5. The summed E-state index contributed by atoms with van der Waals surface area (Å²) in [5.74, 6) is 0. The molecule has 2 N–H and O–H groups in total. The van der Waals surface area contributed by atoms with Gasteiger partial charge in [-0.15, -0.1) is 0 Å². The molecule has 0 unspecified atom stereocenters. The van der Waals surface area contributed by atoms with Gasteiger partial charge in [0.25, 0.3) is 0 Å². The third kappa shape index (κ3) is 5.42. The maximum Gasteiger partial charge on any atom is 0.0431 e. The predicted molar refractivity (Wildman–Crippen MR) is 180 cm³/mol. The van der Waals surface area contributed by atoms with Crippen LogP contribution in [-0.4, -0.2) is 23.4 Å². The average molecular weight is 555 g/mol. The average Bonchev–Trinajstić information content (AvgIpc) is 2.99.